The molecule has 0 bridgehead atoms. The maximum Gasteiger partial charge on any atom is 0.472 e. The first kappa shape index (κ1) is 56.4. The number of ether oxygens (including phenoxy) is 2. The Labute approximate surface area is 360 Å². The molecule has 0 heterocycles. The summed E-state index contributed by atoms with van der Waals surface area (Å²) >= 11 is 0. The number of carbonyl (C=O) groups excluding carboxylic acids is 1. The van der Waals surface area contributed by atoms with E-state index in [0.717, 1.165) is 19.3 Å². The van der Waals surface area contributed by atoms with Gasteiger partial charge in [0, 0.05) is 6.42 Å². The van der Waals surface area contributed by atoms with Crippen LogP contribution in [0, 0.1) is 0 Å². The van der Waals surface area contributed by atoms with E-state index in [2.05, 4.69) is 13.8 Å². The van der Waals surface area contributed by atoms with Crippen LogP contribution in [-0.4, -0.2) is 91.4 Å². The summed E-state index contributed by atoms with van der Waals surface area (Å²) in [6.07, 6.45) is 46.5. The van der Waals surface area contributed by atoms with Crippen molar-refractivity contribution in [1.29, 1.82) is 0 Å². The van der Waals surface area contributed by atoms with Crippen LogP contribution in [0.15, 0.2) is 85.3 Å². The van der Waals surface area contributed by atoms with Gasteiger partial charge < -0.3 is 29.1 Å². The van der Waals surface area contributed by atoms with E-state index < -0.39 is 32.1 Å². The summed E-state index contributed by atoms with van der Waals surface area (Å²) in [4.78, 5) is 22.9. The number of carbonyl (C=O) groups is 1. The molecule has 0 aromatic carbocycles. The Kier molecular flexibility index (Phi) is 37.9. The number of unbranched alkanes of at least 4 members (excludes halogenated alkanes) is 14. The van der Waals surface area contributed by atoms with E-state index >= 15 is 0 Å². The predicted molar refractivity (Wildman–Crippen MR) is 245 cm³/mol. The zero-order chi connectivity index (χ0) is 43.7. The number of aliphatic hydroxyl groups is 2. The number of quaternary nitrogens is 1. The molecule has 0 fully saturated rings. The number of aliphatic hydroxyl groups excluding tert-OH is 2. The van der Waals surface area contributed by atoms with Crippen LogP contribution in [0.3, 0.4) is 0 Å². The molecule has 0 aromatic heterocycles. The molecular formula is C48H85NO9P+. The zero-order valence-electron chi connectivity index (χ0n) is 37.7. The van der Waals surface area contributed by atoms with Crippen LogP contribution in [-0.2, 0) is 27.9 Å². The Morgan fingerprint density at radius 3 is 1.75 bits per heavy atom. The van der Waals surface area contributed by atoms with Gasteiger partial charge in [-0.3, -0.25) is 13.8 Å². The molecule has 1 unspecified atom stereocenters. The van der Waals surface area contributed by atoms with E-state index in [1.165, 1.54) is 83.5 Å². The first-order chi connectivity index (χ1) is 28.4. The van der Waals surface area contributed by atoms with Crippen molar-refractivity contribution < 1.29 is 47.5 Å². The van der Waals surface area contributed by atoms with Crippen molar-refractivity contribution in [1.82, 2.24) is 0 Å². The topological polar surface area (TPSA) is 132 Å². The van der Waals surface area contributed by atoms with Gasteiger partial charge in [-0.05, 0) is 51.0 Å². The van der Waals surface area contributed by atoms with Crippen molar-refractivity contribution in [2.75, 3.05) is 47.5 Å². The first-order valence-corrected chi connectivity index (χ1v) is 24.1. The van der Waals surface area contributed by atoms with Crippen LogP contribution in [0.1, 0.15) is 149 Å². The molecular weight excluding hydrogens is 766 g/mol. The van der Waals surface area contributed by atoms with Gasteiger partial charge in [-0.25, -0.2) is 4.57 Å². The van der Waals surface area contributed by atoms with E-state index in [1.54, 1.807) is 30.6 Å². The molecule has 3 N–H and O–H groups in total. The van der Waals surface area contributed by atoms with Gasteiger partial charge in [-0.15, -0.1) is 0 Å². The van der Waals surface area contributed by atoms with Crippen LogP contribution in [0.5, 0.6) is 0 Å². The van der Waals surface area contributed by atoms with Gasteiger partial charge in [0.15, 0.2) is 6.10 Å². The molecule has 0 aliphatic rings. The minimum atomic E-state index is -4.34. The number of rotatable bonds is 40. The molecule has 11 heteroatoms. The molecule has 0 saturated carbocycles. The Hall–Kier alpha value is -2.56. The zero-order valence-corrected chi connectivity index (χ0v) is 38.6. The van der Waals surface area contributed by atoms with Gasteiger partial charge in [0.2, 0.25) is 0 Å². The number of hydrogen-bond acceptors (Lipinski definition) is 8. The van der Waals surface area contributed by atoms with Crippen molar-refractivity contribution in [3.63, 3.8) is 0 Å². The predicted octanol–water partition coefficient (Wildman–Crippen LogP) is 11.6. The standard InChI is InChI=1S/C48H84NO9P/c1-6-8-10-11-12-13-14-15-16-17-18-19-20-23-28-34-41-55-43-47(44-57-59(53,54)56-42-40-49(3,4)5)58-48(52)39-33-25-22-21-24-30-36-46(51)38-32-27-26-31-37-45(50)35-29-9-7-2/h9,22,24-27,29-32,34,37-38,41,45-47,50-51H,6-8,10-21,23,28,33,35-36,39-40,42-44H2,1-5H3/p+1/b25-22-,27-26-,29-9-,30-24-,37-31+,38-32+,41-34+/t45-,46+,47+/m0/s1. The normalized spacial score (nSPS) is 15.5. The summed E-state index contributed by atoms with van der Waals surface area (Å²) < 4.78 is 34.6. The van der Waals surface area contributed by atoms with E-state index in [1.807, 2.05) is 75.8 Å². The average Bonchev–Trinajstić information content (AvgIpc) is 3.18. The minimum absolute atomic E-state index is 0.0177. The summed E-state index contributed by atoms with van der Waals surface area (Å²) in [7, 11) is 1.51. The fourth-order valence-electron chi connectivity index (χ4n) is 5.66. The molecule has 340 valence electrons. The Bertz CT molecular complexity index is 1250. The third kappa shape index (κ3) is 43.3. The second-order valence-corrected chi connectivity index (χ2v) is 17.6. The van der Waals surface area contributed by atoms with E-state index in [4.69, 9.17) is 18.5 Å². The van der Waals surface area contributed by atoms with Crippen molar-refractivity contribution in [3.8, 4) is 0 Å². The molecule has 0 saturated heterocycles. The Morgan fingerprint density at radius 2 is 1.19 bits per heavy atom. The van der Waals surface area contributed by atoms with Crippen LogP contribution in [0.4, 0.5) is 0 Å². The van der Waals surface area contributed by atoms with Crippen LogP contribution in [0.25, 0.3) is 0 Å². The minimum Gasteiger partial charge on any atom is -0.498 e. The quantitative estimate of drug-likeness (QED) is 0.0105. The summed E-state index contributed by atoms with van der Waals surface area (Å²) in [6, 6.07) is 0. The fraction of sp³-hybridized carbons (Fsp3) is 0.688. The summed E-state index contributed by atoms with van der Waals surface area (Å²) in [5.74, 6) is -0.466. The summed E-state index contributed by atoms with van der Waals surface area (Å²) in [5, 5.41) is 20.0. The monoisotopic (exact) mass is 851 g/mol. The number of phosphoric acid groups is 1. The highest BCUT2D eigenvalue weighted by atomic mass is 31.2. The van der Waals surface area contributed by atoms with Gasteiger partial charge in [-0.2, -0.15) is 0 Å². The molecule has 0 aliphatic carbocycles. The van der Waals surface area contributed by atoms with Crippen LogP contribution < -0.4 is 0 Å². The van der Waals surface area contributed by atoms with E-state index in [9.17, 15) is 24.5 Å². The van der Waals surface area contributed by atoms with Crippen molar-refractivity contribution in [3.05, 3.63) is 85.3 Å². The molecule has 0 radical (unpaired) electrons. The summed E-state index contributed by atoms with van der Waals surface area (Å²) in [6.45, 7) is 4.52. The maximum atomic E-state index is 12.7. The lowest BCUT2D eigenvalue weighted by Crippen LogP contribution is -2.37. The largest absolute Gasteiger partial charge is 0.498 e. The van der Waals surface area contributed by atoms with E-state index in [0.29, 0.717) is 36.7 Å². The number of esters is 1. The number of hydrogen-bond donors (Lipinski definition) is 3. The number of likely N-dealkylation sites (N-methyl/N-ethyl adjacent to an activating group) is 1. The second kappa shape index (κ2) is 39.6. The second-order valence-electron chi connectivity index (χ2n) is 16.2. The lowest BCUT2D eigenvalue weighted by atomic mass is 10.0. The van der Waals surface area contributed by atoms with Crippen molar-refractivity contribution in [2.45, 2.75) is 167 Å². The van der Waals surface area contributed by atoms with Gasteiger partial charge in [0.05, 0.1) is 46.2 Å². The van der Waals surface area contributed by atoms with E-state index in [-0.39, 0.29) is 26.2 Å². The average molecular weight is 851 g/mol. The van der Waals surface area contributed by atoms with Crippen LogP contribution in [0.2, 0.25) is 0 Å². The Balaban J connectivity index is 4.54. The number of allylic oxidation sites excluding steroid dienone is 9. The highest BCUT2D eigenvalue weighted by molar-refractivity contribution is 7.47. The molecule has 59 heavy (non-hydrogen) atoms. The number of phosphoric ester groups is 1. The first-order valence-electron chi connectivity index (χ1n) is 22.6. The van der Waals surface area contributed by atoms with Crippen molar-refractivity contribution >= 4 is 13.8 Å². The SMILES string of the molecule is CC/C=C\C[C@H](O)/C=C/C=C\C=C\[C@H](O)C/C=C\C/C=C\CCC(=O)O[C@H](CO/C=C/CCCCCCCCCCCCCCCC)COP(=O)(O)OCC[N+](C)(C)C. The van der Waals surface area contributed by atoms with Gasteiger partial charge in [-0.1, -0.05) is 170 Å². The van der Waals surface area contributed by atoms with Gasteiger partial charge in [0.25, 0.3) is 0 Å². The molecule has 0 aliphatic heterocycles. The lowest BCUT2D eigenvalue weighted by Gasteiger charge is -2.24. The fourth-order valence-corrected chi connectivity index (χ4v) is 6.40. The molecule has 0 amide bonds. The molecule has 0 spiro atoms. The third-order valence-corrected chi connectivity index (χ3v) is 10.2. The molecule has 0 aromatic rings. The summed E-state index contributed by atoms with van der Waals surface area (Å²) in [5.41, 5.74) is 0. The maximum absolute atomic E-state index is 12.7. The lowest BCUT2D eigenvalue weighted by molar-refractivity contribution is -0.870. The third-order valence-electron chi connectivity index (χ3n) is 9.22. The smallest absolute Gasteiger partial charge is 0.472 e. The van der Waals surface area contributed by atoms with Gasteiger partial charge in [0.1, 0.15) is 19.8 Å². The Morgan fingerprint density at radius 1 is 0.644 bits per heavy atom. The highest BCUT2D eigenvalue weighted by Crippen LogP contribution is 2.43. The van der Waals surface area contributed by atoms with Crippen LogP contribution >= 0.6 is 7.82 Å². The molecule has 4 atom stereocenters. The molecule has 0 rings (SSSR count). The number of nitrogens with zero attached hydrogens (tertiary/aromatic N) is 1. The highest BCUT2D eigenvalue weighted by Gasteiger charge is 2.26. The van der Waals surface area contributed by atoms with Crippen molar-refractivity contribution in [2.24, 2.45) is 0 Å². The molecule has 10 nitrogen and oxygen atoms in total. The van der Waals surface area contributed by atoms with Gasteiger partial charge >= 0.3 is 13.8 Å².